The van der Waals surface area contributed by atoms with Gasteiger partial charge >= 0.3 is 0 Å². The van der Waals surface area contributed by atoms with E-state index in [1.165, 1.54) is 0 Å². The Bertz CT molecular complexity index is 793. The zero-order chi connectivity index (χ0) is 13.2. The Hall–Kier alpha value is -2.01. The standard InChI is InChI=1S/C14H10BrN3O/c15-12-5-9(7-16-14(12)19)6-13-11-4-2-1-3-10(11)8-17-18-13/h1-5,7-8H,6H2,(H,16,19). The number of aromatic nitrogens is 3. The zero-order valence-corrected chi connectivity index (χ0v) is 11.5. The van der Waals surface area contributed by atoms with Crippen molar-refractivity contribution < 1.29 is 0 Å². The minimum atomic E-state index is -0.132. The van der Waals surface area contributed by atoms with Crippen LogP contribution in [-0.2, 0) is 6.42 Å². The zero-order valence-electron chi connectivity index (χ0n) is 9.93. The molecule has 94 valence electrons. The number of rotatable bonds is 2. The van der Waals surface area contributed by atoms with Crippen LogP contribution in [0.25, 0.3) is 10.8 Å². The Kier molecular flexibility index (Phi) is 3.13. The fourth-order valence-electron chi connectivity index (χ4n) is 2.01. The summed E-state index contributed by atoms with van der Waals surface area (Å²) in [6, 6.07) is 9.80. The molecule has 1 aromatic carbocycles. The molecule has 0 unspecified atom stereocenters. The minimum Gasteiger partial charge on any atom is -0.328 e. The second kappa shape index (κ2) is 4.93. The molecule has 2 aromatic heterocycles. The fraction of sp³-hybridized carbons (Fsp3) is 0.0714. The molecule has 0 aliphatic carbocycles. The van der Waals surface area contributed by atoms with E-state index in [0.717, 1.165) is 22.0 Å². The van der Waals surface area contributed by atoms with Gasteiger partial charge in [0, 0.05) is 23.4 Å². The first-order chi connectivity index (χ1) is 9.24. The van der Waals surface area contributed by atoms with Crippen molar-refractivity contribution in [3.8, 4) is 0 Å². The molecule has 0 saturated carbocycles. The van der Waals surface area contributed by atoms with Gasteiger partial charge in [-0.3, -0.25) is 4.79 Å². The molecule has 1 N–H and O–H groups in total. The van der Waals surface area contributed by atoms with Crippen molar-refractivity contribution in [1.82, 2.24) is 15.2 Å². The average molecular weight is 316 g/mol. The molecule has 0 spiro atoms. The minimum absolute atomic E-state index is 0.132. The van der Waals surface area contributed by atoms with Gasteiger partial charge in [-0.05, 0) is 27.6 Å². The summed E-state index contributed by atoms with van der Waals surface area (Å²) in [5.41, 5.74) is 1.75. The Morgan fingerprint density at radius 2 is 2.11 bits per heavy atom. The highest BCUT2D eigenvalue weighted by Gasteiger charge is 2.05. The number of halogens is 1. The van der Waals surface area contributed by atoms with E-state index in [0.29, 0.717) is 10.9 Å². The number of hydrogen-bond acceptors (Lipinski definition) is 3. The summed E-state index contributed by atoms with van der Waals surface area (Å²) in [5, 5.41) is 10.4. The average Bonchev–Trinajstić information content (AvgIpc) is 2.43. The summed E-state index contributed by atoms with van der Waals surface area (Å²) in [6.07, 6.45) is 4.09. The number of nitrogens with one attached hydrogen (secondary N) is 1. The van der Waals surface area contributed by atoms with E-state index in [1.54, 1.807) is 12.4 Å². The molecule has 2 heterocycles. The summed E-state index contributed by atoms with van der Waals surface area (Å²) in [4.78, 5) is 14.0. The fourth-order valence-corrected chi connectivity index (χ4v) is 2.42. The largest absolute Gasteiger partial charge is 0.328 e. The molecule has 19 heavy (non-hydrogen) atoms. The molecule has 0 amide bonds. The highest BCUT2D eigenvalue weighted by molar-refractivity contribution is 9.10. The lowest BCUT2D eigenvalue weighted by atomic mass is 10.1. The highest BCUT2D eigenvalue weighted by Crippen LogP contribution is 2.18. The molecule has 0 saturated heterocycles. The van der Waals surface area contributed by atoms with Gasteiger partial charge in [-0.2, -0.15) is 10.2 Å². The van der Waals surface area contributed by atoms with Gasteiger partial charge < -0.3 is 4.98 Å². The third kappa shape index (κ3) is 2.42. The third-order valence-electron chi connectivity index (χ3n) is 2.94. The van der Waals surface area contributed by atoms with Crippen LogP contribution in [0.1, 0.15) is 11.3 Å². The van der Waals surface area contributed by atoms with Gasteiger partial charge in [-0.15, -0.1) is 0 Å². The Balaban J connectivity index is 2.05. The van der Waals surface area contributed by atoms with Gasteiger partial charge in [-0.25, -0.2) is 0 Å². The Labute approximate surface area is 117 Å². The molecule has 0 aliphatic rings. The molecule has 0 atom stereocenters. The number of aromatic amines is 1. The van der Waals surface area contributed by atoms with Crippen LogP contribution in [0.3, 0.4) is 0 Å². The maximum atomic E-state index is 11.3. The van der Waals surface area contributed by atoms with E-state index in [1.807, 2.05) is 30.3 Å². The molecule has 0 aliphatic heterocycles. The summed E-state index contributed by atoms with van der Waals surface area (Å²) in [7, 11) is 0. The Morgan fingerprint density at radius 3 is 2.95 bits per heavy atom. The predicted octanol–water partition coefficient (Wildman–Crippen LogP) is 2.67. The number of pyridine rings is 1. The Morgan fingerprint density at radius 1 is 1.26 bits per heavy atom. The monoisotopic (exact) mass is 315 g/mol. The molecule has 3 rings (SSSR count). The first kappa shape index (κ1) is 12.0. The summed E-state index contributed by atoms with van der Waals surface area (Å²) in [6.45, 7) is 0. The van der Waals surface area contributed by atoms with Gasteiger partial charge in [0.2, 0.25) is 0 Å². The summed E-state index contributed by atoms with van der Waals surface area (Å²) >= 11 is 3.23. The number of fused-ring (bicyclic) bond motifs is 1. The number of hydrogen-bond donors (Lipinski definition) is 1. The summed E-state index contributed by atoms with van der Waals surface area (Å²) in [5.74, 6) is 0. The maximum Gasteiger partial charge on any atom is 0.262 e. The summed E-state index contributed by atoms with van der Waals surface area (Å²) < 4.78 is 0.526. The van der Waals surface area contributed by atoms with Gasteiger partial charge in [-0.1, -0.05) is 24.3 Å². The van der Waals surface area contributed by atoms with E-state index in [9.17, 15) is 4.79 Å². The second-order valence-electron chi connectivity index (χ2n) is 4.24. The smallest absolute Gasteiger partial charge is 0.262 e. The molecule has 0 fully saturated rings. The van der Waals surface area contributed by atoms with E-state index < -0.39 is 0 Å². The third-order valence-corrected chi connectivity index (χ3v) is 3.53. The molecule has 4 nitrogen and oxygen atoms in total. The van der Waals surface area contributed by atoms with Crippen molar-refractivity contribution in [2.24, 2.45) is 0 Å². The molecule has 0 bridgehead atoms. The van der Waals surface area contributed by atoms with Crippen LogP contribution < -0.4 is 5.56 Å². The van der Waals surface area contributed by atoms with Crippen molar-refractivity contribution in [1.29, 1.82) is 0 Å². The molecule has 5 heteroatoms. The van der Waals surface area contributed by atoms with Crippen LogP contribution in [0.5, 0.6) is 0 Å². The van der Waals surface area contributed by atoms with Crippen LogP contribution >= 0.6 is 15.9 Å². The number of H-pyrrole nitrogens is 1. The van der Waals surface area contributed by atoms with Crippen LogP contribution in [0, 0.1) is 0 Å². The van der Waals surface area contributed by atoms with E-state index in [-0.39, 0.29) is 5.56 Å². The van der Waals surface area contributed by atoms with Crippen LogP contribution in [0.2, 0.25) is 0 Å². The van der Waals surface area contributed by atoms with Crippen molar-refractivity contribution >= 4 is 26.7 Å². The highest BCUT2D eigenvalue weighted by atomic mass is 79.9. The van der Waals surface area contributed by atoms with Gasteiger partial charge in [0.05, 0.1) is 16.4 Å². The van der Waals surface area contributed by atoms with Crippen molar-refractivity contribution in [2.75, 3.05) is 0 Å². The van der Waals surface area contributed by atoms with Crippen LogP contribution in [0.15, 0.2) is 52.0 Å². The van der Waals surface area contributed by atoms with Gasteiger partial charge in [0.15, 0.2) is 0 Å². The normalized spacial score (nSPS) is 10.8. The van der Waals surface area contributed by atoms with E-state index >= 15 is 0 Å². The lowest BCUT2D eigenvalue weighted by molar-refractivity contribution is 0.951. The lowest BCUT2D eigenvalue weighted by Gasteiger charge is -2.04. The maximum absolute atomic E-state index is 11.3. The topological polar surface area (TPSA) is 58.6 Å². The molecular weight excluding hydrogens is 306 g/mol. The predicted molar refractivity (Wildman–Crippen MR) is 77.1 cm³/mol. The lowest BCUT2D eigenvalue weighted by Crippen LogP contribution is -2.07. The van der Waals surface area contributed by atoms with Gasteiger partial charge in [0.25, 0.3) is 5.56 Å². The first-order valence-electron chi connectivity index (χ1n) is 5.80. The van der Waals surface area contributed by atoms with E-state index in [2.05, 4.69) is 31.1 Å². The molecule has 3 aromatic rings. The van der Waals surface area contributed by atoms with Gasteiger partial charge in [0.1, 0.15) is 0 Å². The number of nitrogens with zero attached hydrogens (tertiary/aromatic N) is 2. The van der Waals surface area contributed by atoms with Crippen LogP contribution in [-0.4, -0.2) is 15.2 Å². The van der Waals surface area contributed by atoms with E-state index in [4.69, 9.17) is 0 Å². The molecular formula is C14H10BrN3O. The van der Waals surface area contributed by atoms with Crippen molar-refractivity contribution in [2.45, 2.75) is 6.42 Å². The van der Waals surface area contributed by atoms with Crippen molar-refractivity contribution in [3.63, 3.8) is 0 Å². The number of benzene rings is 1. The molecule has 0 radical (unpaired) electrons. The SMILES string of the molecule is O=c1[nH]cc(Cc2nncc3ccccc23)cc1Br. The van der Waals surface area contributed by atoms with Crippen LogP contribution in [0.4, 0.5) is 0 Å². The van der Waals surface area contributed by atoms with Crippen molar-refractivity contribution in [3.05, 3.63) is 68.8 Å². The first-order valence-corrected chi connectivity index (χ1v) is 6.60. The quantitative estimate of drug-likeness (QED) is 0.791. The second-order valence-corrected chi connectivity index (χ2v) is 5.09.